The van der Waals surface area contributed by atoms with E-state index in [1.165, 1.54) is 41.8 Å². The lowest BCUT2D eigenvalue weighted by Crippen LogP contribution is -2.03. The van der Waals surface area contributed by atoms with Crippen LogP contribution in [0.5, 0.6) is 46.0 Å². The maximum Gasteiger partial charge on any atom is 0.203 e. The quantitative estimate of drug-likeness (QED) is 0.165. The lowest BCUT2D eigenvalue weighted by molar-refractivity contribution is 0.100. The smallest absolute Gasteiger partial charge is 0.203 e. The van der Waals surface area contributed by atoms with E-state index in [-0.39, 0.29) is 23.7 Å². The Balaban J connectivity index is 1.87. The summed E-state index contributed by atoms with van der Waals surface area (Å²) in [6.07, 6.45) is 5.05. The lowest BCUT2D eigenvalue weighted by Gasteiger charge is -2.13. The second-order valence-electron chi connectivity index (χ2n) is 8.24. The molecule has 0 radical (unpaired) electrons. The van der Waals surface area contributed by atoms with Gasteiger partial charge in [0.25, 0.3) is 0 Å². The van der Waals surface area contributed by atoms with E-state index in [1.54, 1.807) is 56.7 Å². The second kappa shape index (κ2) is 13.8. The Bertz CT molecular complexity index is 1360. The van der Waals surface area contributed by atoms with Crippen LogP contribution in [0.3, 0.4) is 0 Å². The summed E-state index contributed by atoms with van der Waals surface area (Å²) in [7, 11) is 10.5. The molecule has 0 bridgehead atoms. The number of hydrogen-bond donors (Lipinski definition) is 1. The van der Waals surface area contributed by atoms with Gasteiger partial charge in [-0.1, -0.05) is 12.2 Å². The monoisotopic (exact) mass is 551 g/mol. The van der Waals surface area contributed by atoms with Gasteiger partial charge in [-0.15, -0.1) is 0 Å². The number of Topliss-reactive ketones (excluding diaryl/α,β-unsaturated/α-hetero) is 1. The Morgan fingerprint density at radius 1 is 0.650 bits per heavy atom. The third-order valence-corrected chi connectivity index (χ3v) is 5.93. The topological polar surface area (TPSA) is 114 Å². The van der Waals surface area contributed by atoms with E-state index in [9.17, 15) is 9.90 Å². The summed E-state index contributed by atoms with van der Waals surface area (Å²) in [6.45, 7) is 0. The van der Waals surface area contributed by atoms with Crippen LogP contribution in [0, 0.1) is 0 Å². The van der Waals surface area contributed by atoms with Crippen molar-refractivity contribution >= 4 is 29.8 Å². The van der Waals surface area contributed by atoms with Crippen molar-refractivity contribution in [1.29, 1.82) is 0 Å². The number of carbonyl (C=O) groups is 1. The van der Waals surface area contributed by atoms with Crippen LogP contribution in [0.15, 0.2) is 41.4 Å². The zero-order valence-electron chi connectivity index (χ0n) is 23.6. The van der Waals surface area contributed by atoms with Crippen molar-refractivity contribution in [1.82, 2.24) is 0 Å². The molecule has 3 rings (SSSR count). The number of aliphatic imine (C=N–C) groups is 1. The molecule has 40 heavy (non-hydrogen) atoms. The molecule has 0 saturated heterocycles. The van der Waals surface area contributed by atoms with E-state index >= 15 is 0 Å². The molecule has 10 nitrogen and oxygen atoms in total. The van der Waals surface area contributed by atoms with Gasteiger partial charge in [-0.25, -0.2) is 0 Å². The van der Waals surface area contributed by atoms with Crippen LogP contribution in [-0.2, 0) is 0 Å². The van der Waals surface area contributed by atoms with Crippen molar-refractivity contribution in [3.05, 3.63) is 53.1 Å². The largest absolute Gasteiger partial charge is 0.504 e. The highest BCUT2D eigenvalue weighted by molar-refractivity contribution is 6.04. The Morgan fingerprint density at radius 3 is 1.55 bits per heavy atom. The number of nitrogens with zero attached hydrogens (tertiary/aromatic N) is 1. The van der Waals surface area contributed by atoms with Gasteiger partial charge in [0.15, 0.2) is 40.3 Å². The standard InChI is InChI=1S/C30H33NO9/c1-34-24-14-19(15-25(35-2)29(24)39-6)9-8-18-12-21(28(38-5)23(33)13-18)31-11-10-22(32)20-16-26(36-3)30(40-7)27(17-20)37-4/h8-9,11-17,33H,10H2,1-7H3/b9-8-,31-11?. The van der Waals surface area contributed by atoms with Crippen LogP contribution in [0.25, 0.3) is 12.2 Å². The van der Waals surface area contributed by atoms with Crippen LogP contribution in [0.1, 0.15) is 27.9 Å². The number of aromatic hydroxyl groups is 1. The van der Waals surface area contributed by atoms with Gasteiger partial charge in [-0.05, 0) is 47.5 Å². The summed E-state index contributed by atoms with van der Waals surface area (Å²) in [5.74, 6) is 2.53. The third-order valence-electron chi connectivity index (χ3n) is 5.93. The first kappa shape index (κ1) is 29.7. The van der Waals surface area contributed by atoms with Gasteiger partial charge in [-0.2, -0.15) is 0 Å². The average Bonchev–Trinajstić information content (AvgIpc) is 2.98. The maximum atomic E-state index is 12.9. The van der Waals surface area contributed by atoms with E-state index in [4.69, 9.17) is 33.2 Å². The number of carbonyl (C=O) groups excluding carboxylic acids is 1. The molecule has 0 atom stereocenters. The lowest BCUT2D eigenvalue weighted by atomic mass is 10.1. The Labute approximate surface area is 233 Å². The summed E-state index contributed by atoms with van der Waals surface area (Å²) in [4.78, 5) is 17.3. The number of ketones is 1. The van der Waals surface area contributed by atoms with Gasteiger partial charge < -0.3 is 38.3 Å². The second-order valence-corrected chi connectivity index (χ2v) is 8.24. The van der Waals surface area contributed by atoms with Crippen LogP contribution < -0.4 is 33.2 Å². The molecule has 0 fully saturated rings. The third kappa shape index (κ3) is 6.58. The summed E-state index contributed by atoms with van der Waals surface area (Å²) in [5, 5.41) is 10.6. The van der Waals surface area contributed by atoms with Crippen LogP contribution in [0.4, 0.5) is 5.69 Å². The summed E-state index contributed by atoms with van der Waals surface area (Å²) in [6, 6.07) is 10.0. The van der Waals surface area contributed by atoms with Crippen molar-refractivity contribution in [2.24, 2.45) is 4.99 Å². The van der Waals surface area contributed by atoms with Gasteiger partial charge in [0.05, 0.1) is 49.8 Å². The van der Waals surface area contributed by atoms with Gasteiger partial charge in [0.2, 0.25) is 11.5 Å². The molecule has 0 amide bonds. The molecule has 3 aromatic rings. The van der Waals surface area contributed by atoms with E-state index in [1.807, 2.05) is 6.08 Å². The zero-order valence-corrected chi connectivity index (χ0v) is 23.6. The predicted molar refractivity (Wildman–Crippen MR) is 153 cm³/mol. The van der Waals surface area contributed by atoms with E-state index in [0.717, 1.165) is 5.56 Å². The highest BCUT2D eigenvalue weighted by atomic mass is 16.5. The fraction of sp³-hybridized carbons (Fsp3) is 0.267. The normalized spacial score (nSPS) is 11.0. The van der Waals surface area contributed by atoms with E-state index < -0.39 is 0 Å². The van der Waals surface area contributed by atoms with Crippen molar-refractivity contribution in [3.63, 3.8) is 0 Å². The minimum absolute atomic E-state index is 0.0198. The molecule has 0 aliphatic heterocycles. The number of phenols is 1. The number of ether oxygens (including phenoxy) is 7. The van der Waals surface area contributed by atoms with Gasteiger partial charge in [-0.3, -0.25) is 9.79 Å². The Morgan fingerprint density at radius 2 is 1.10 bits per heavy atom. The molecule has 0 aliphatic carbocycles. The summed E-state index contributed by atoms with van der Waals surface area (Å²) >= 11 is 0. The number of rotatable bonds is 13. The molecule has 212 valence electrons. The van der Waals surface area contributed by atoms with Gasteiger partial charge in [0, 0.05) is 18.2 Å². The number of phenolic OH excluding ortho intramolecular Hbond substituents is 1. The first-order valence-corrected chi connectivity index (χ1v) is 12.1. The molecule has 0 spiro atoms. The van der Waals surface area contributed by atoms with Crippen LogP contribution >= 0.6 is 0 Å². The SMILES string of the molecule is COc1cc(/C=C\c2cc(O)c(OC)c(N=CCC(=O)c3cc(OC)c(OC)c(OC)c3)c2)cc(OC)c1OC. The Kier molecular flexibility index (Phi) is 10.2. The first-order chi connectivity index (χ1) is 19.3. The fourth-order valence-corrected chi connectivity index (χ4v) is 4.00. The van der Waals surface area contributed by atoms with Crippen molar-refractivity contribution in [2.45, 2.75) is 6.42 Å². The Hall–Kier alpha value is -4.86. The molecular formula is C30H33NO9. The molecule has 0 heterocycles. The van der Waals surface area contributed by atoms with Crippen molar-refractivity contribution < 1.29 is 43.1 Å². The van der Waals surface area contributed by atoms with Gasteiger partial charge in [0.1, 0.15) is 5.69 Å². The van der Waals surface area contributed by atoms with Crippen molar-refractivity contribution in [3.8, 4) is 46.0 Å². The predicted octanol–water partition coefficient (Wildman–Crippen LogP) is 5.60. The summed E-state index contributed by atoms with van der Waals surface area (Å²) < 4.78 is 37.5. The van der Waals surface area contributed by atoms with Crippen LogP contribution in [-0.4, -0.2) is 66.9 Å². The molecule has 0 saturated carbocycles. The van der Waals surface area contributed by atoms with Gasteiger partial charge >= 0.3 is 0 Å². The van der Waals surface area contributed by atoms with E-state index in [2.05, 4.69) is 4.99 Å². The highest BCUT2D eigenvalue weighted by Gasteiger charge is 2.17. The molecule has 0 aliphatic rings. The number of benzene rings is 3. The first-order valence-electron chi connectivity index (χ1n) is 12.1. The minimum atomic E-state index is -0.218. The summed E-state index contributed by atoms with van der Waals surface area (Å²) in [5.41, 5.74) is 2.16. The van der Waals surface area contributed by atoms with E-state index in [0.29, 0.717) is 51.3 Å². The fourth-order valence-electron chi connectivity index (χ4n) is 4.00. The molecule has 3 aromatic carbocycles. The van der Waals surface area contributed by atoms with Crippen LogP contribution in [0.2, 0.25) is 0 Å². The zero-order chi connectivity index (χ0) is 29.2. The maximum absolute atomic E-state index is 12.9. The molecule has 0 aromatic heterocycles. The molecule has 1 N–H and O–H groups in total. The molecule has 10 heteroatoms. The molecule has 0 unspecified atom stereocenters. The number of methoxy groups -OCH3 is 7. The molecular weight excluding hydrogens is 518 g/mol. The number of hydrogen-bond acceptors (Lipinski definition) is 10. The minimum Gasteiger partial charge on any atom is -0.504 e. The average molecular weight is 552 g/mol. The highest BCUT2D eigenvalue weighted by Crippen LogP contribution is 2.41. The van der Waals surface area contributed by atoms with Crippen molar-refractivity contribution in [2.75, 3.05) is 49.8 Å².